The van der Waals surface area contributed by atoms with E-state index >= 15 is 0 Å². The summed E-state index contributed by atoms with van der Waals surface area (Å²) in [7, 11) is 1.78. The normalized spacial score (nSPS) is 15.4. The largest absolute Gasteiger partial charge is 0.494 e. The molecule has 138 valence electrons. The number of hydrazone groups is 1. The number of halogens is 1. The molecule has 1 fully saturated rings. The SMILES string of the molecule is CN/N=C/c1ccc(OCCC2CCN(c3ccc(Cl)nn3)CC2)cc1. The third-order valence-electron chi connectivity index (χ3n) is 4.57. The zero-order valence-corrected chi connectivity index (χ0v) is 15.7. The van der Waals surface area contributed by atoms with Crippen LogP contribution in [0.1, 0.15) is 24.8 Å². The molecule has 2 heterocycles. The molecule has 0 aliphatic carbocycles. The van der Waals surface area contributed by atoms with Gasteiger partial charge >= 0.3 is 0 Å². The van der Waals surface area contributed by atoms with E-state index < -0.39 is 0 Å². The van der Waals surface area contributed by atoms with Crippen LogP contribution in [0.2, 0.25) is 5.15 Å². The minimum Gasteiger partial charge on any atom is -0.494 e. The average Bonchev–Trinajstić information content (AvgIpc) is 2.69. The topological polar surface area (TPSA) is 62.6 Å². The third-order valence-corrected chi connectivity index (χ3v) is 4.78. The molecule has 0 atom stereocenters. The summed E-state index contributed by atoms with van der Waals surface area (Å²) in [4.78, 5) is 2.27. The first-order valence-corrected chi connectivity index (χ1v) is 9.29. The third kappa shape index (κ3) is 5.33. The Morgan fingerprint density at radius 3 is 2.62 bits per heavy atom. The van der Waals surface area contributed by atoms with E-state index in [9.17, 15) is 0 Å². The number of nitrogens with one attached hydrogen (secondary N) is 1. The van der Waals surface area contributed by atoms with Crippen LogP contribution in [0.4, 0.5) is 5.82 Å². The maximum Gasteiger partial charge on any atom is 0.151 e. The Morgan fingerprint density at radius 2 is 1.96 bits per heavy atom. The number of hydrogen-bond donors (Lipinski definition) is 1. The van der Waals surface area contributed by atoms with Crippen molar-refractivity contribution in [2.45, 2.75) is 19.3 Å². The molecule has 1 saturated heterocycles. The number of aromatic nitrogens is 2. The van der Waals surface area contributed by atoms with Gasteiger partial charge in [0.15, 0.2) is 11.0 Å². The minimum absolute atomic E-state index is 0.433. The summed E-state index contributed by atoms with van der Waals surface area (Å²) in [6, 6.07) is 11.7. The summed E-state index contributed by atoms with van der Waals surface area (Å²) in [5, 5.41) is 12.5. The Labute approximate surface area is 159 Å². The van der Waals surface area contributed by atoms with Crippen molar-refractivity contribution in [2.24, 2.45) is 11.0 Å². The molecule has 0 radical (unpaired) electrons. The van der Waals surface area contributed by atoms with Crippen molar-refractivity contribution in [3.8, 4) is 5.75 Å². The first kappa shape index (κ1) is 18.5. The molecule has 0 bridgehead atoms. The van der Waals surface area contributed by atoms with Gasteiger partial charge in [0, 0.05) is 20.1 Å². The first-order valence-electron chi connectivity index (χ1n) is 8.91. The Balaban J connectivity index is 1.38. The fraction of sp³-hybridized carbons (Fsp3) is 0.421. The highest BCUT2D eigenvalue weighted by atomic mass is 35.5. The van der Waals surface area contributed by atoms with E-state index in [2.05, 4.69) is 25.6 Å². The molecular formula is C19H24ClN5O. The fourth-order valence-electron chi connectivity index (χ4n) is 3.06. The van der Waals surface area contributed by atoms with Crippen molar-refractivity contribution in [1.82, 2.24) is 15.6 Å². The maximum atomic E-state index is 5.88. The van der Waals surface area contributed by atoms with Gasteiger partial charge in [-0.2, -0.15) is 5.10 Å². The maximum absolute atomic E-state index is 5.88. The molecule has 0 unspecified atom stereocenters. The van der Waals surface area contributed by atoms with Gasteiger partial charge in [0.05, 0.1) is 12.8 Å². The van der Waals surface area contributed by atoms with Crippen LogP contribution in [0, 0.1) is 5.92 Å². The van der Waals surface area contributed by atoms with Crippen LogP contribution in [-0.4, -0.2) is 43.2 Å². The zero-order valence-electron chi connectivity index (χ0n) is 14.9. The van der Waals surface area contributed by atoms with Crippen molar-refractivity contribution < 1.29 is 4.74 Å². The summed E-state index contributed by atoms with van der Waals surface area (Å²) in [6.45, 7) is 2.75. The number of piperidine rings is 1. The molecule has 1 aromatic heterocycles. The van der Waals surface area contributed by atoms with Gasteiger partial charge in [-0.15, -0.1) is 10.2 Å². The molecule has 7 heteroatoms. The highest BCUT2D eigenvalue weighted by Crippen LogP contribution is 2.24. The van der Waals surface area contributed by atoms with Crippen LogP contribution >= 0.6 is 11.6 Å². The lowest BCUT2D eigenvalue weighted by Gasteiger charge is -2.32. The zero-order chi connectivity index (χ0) is 18.2. The number of nitrogens with zero attached hydrogens (tertiary/aromatic N) is 4. The predicted molar refractivity (Wildman–Crippen MR) is 105 cm³/mol. The number of anilines is 1. The Hall–Kier alpha value is -2.34. The molecule has 26 heavy (non-hydrogen) atoms. The second-order valence-corrected chi connectivity index (χ2v) is 6.72. The van der Waals surface area contributed by atoms with Crippen LogP contribution in [0.15, 0.2) is 41.5 Å². The Kier molecular flexibility index (Phi) is 6.66. The standard InChI is InChI=1S/C19H24ClN5O/c1-21-22-14-16-2-4-17(5-3-16)26-13-10-15-8-11-25(12-9-15)19-7-6-18(20)23-24-19/h2-7,14-15,21H,8-13H2,1H3/b22-14+. The number of rotatable bonds is 7. The monoisotopic (exact) mass is 373 g/mol. The van der Waals surface area contributed by atoms with Crippen LogP contribution in [0.3, 0.4) is 0 Å². The van der Waals surface area contributed by atoms with E-state index in [0.717, 1.165) is 56.1 Å². The van der Waals surface area contributed by atoms with Gasteiger partial charge in [0.25, 0.3) is 0 Å². The molecule has 1 aromatic carbocycles. The summed E-state index contributed by atoms with van der Waals surface area (Å²) >= 11 is 5.80. The van der Waals surface area contributed by atoms with Crippen molar-refractivity contribution in [3.63, 3.8) is 0 Å². The van der Waals surface area contributed by atoms with E-state index in [4.69, 9.17) is 16.3 Å². The van der Waals surface area contributed by atoms with Gasteiger partial charge in [-0.25, -0.2) is 0 Å². The summed E-state index contributed by atoms with van der Waals surface area (Å²) in [6.07, 6.45) is 5.14. The van der Waals surface area contributed by atoms with E-state index in [1.807, 2.05) is 30.3 Å². The number of benzene rings is 1. The molecule has 1 aliphatic heterocycles. The van der Waals surface area contributed by atoms with Crippen LogP contribution in [-0.2, 0) is 0 Å². The van der Waals surface area contributed by atoms with Crippen LogP contribution in [0.25, 0.3) is 0 Å². The van der Waals surface area contributed by atoms with Gasteiger partial charge in [0.2, 0.25) is 0 Å². The lowest BCUT2D eigenvalue weighted by Crippen LogP contribution is -2.34. The van der Waals surface area contributed by atoms with Crippen molar-refractivity contribution >= 4 is 23.6 Å². The minimum atomic E-state index is 0.433. The van der Waals surface area contributed by atoms with Crippen molar-refractivity contribution in [1.29, 1.82) is 0 Å². The number of hydrogen-bond acceptors (Lipinski definition) is 6. The molecular weight excluding hydrogens is 350 g/mol. The van der Waals surface area contributed by atoms with Gasteiger partial charge in [-0.1, -0.05) is 11.6 Å². The number of ether oxygens (including phenoxy) is 1. The van der Waals surface area contributed by atoms with E-state index in [-0.39, 0.29) is 0 Å². The van der Waals surface area contributed by atoms with Gasteiger partial charge in [0.1, 0.15) is 5.75 Å². The molecule has 1 aliphatic rings. The van der Waals surface area contributed by atoms with E-state index in [1.54, 1.807) is 19.3 Å². The summed E-state index contributed by atoms with van der Waals surface area (Å²) in [5.41, 5.74) is 3.78. The summed E-state index contributed by atoms with van der Waals surface area (Å²) < 4.78 is 5.88. The molecule has 2 aromatic rings. The predicted octanol–water partition coefficient (Wildman–Crippen LogP) is 3.37. The molecule has 6 nitrogen and oxygen atoms in total. The average molecular weight is 374 g/mol. The highest BCUT2D eigenvalue weighted by molar-refractivity contribution is 6.29. The molecule has 0 saturated carbocycles. The smallest absolute Gasteiger partial charge is 0.151 e. The van der Waals surface area contributed by atoms with E-state index in [0.29, 0.717) is 11.1 Å². The van der Waals surface area contributed by atoms with Crippen molar-refractivity contribution in [2.75, 3.05) is 31.6 Å². The van der Waals surface area contributed by atoms with E-state index in [1.165, 1.54) is 0 Å². The molecule has 1 N–H and O–H groups in total. The van der Waals surface area contributed by atoms with Gasteiger partial charge in [-0.05, 0) is 67.1 Å². The fourth-order valence-corrected chi connectivity index (χ4v) is 3.16. The van der Waals surface area contributed by atoms with Crippen molar-refractivity contribution in [3.05, 3.63) is 47.1 Å². The van der Waals surface area contributed by atoms with Crippen LogP contribution in [0.5, 0.6) is 5.75 Å². The Bertz CT molecular complexity index is 697. The Morgan fingerprint density at radius 1 is 1.19 bits per heavy atom. The van der Waals surface area contributed by atoms with Gasteiger partial charge < -0.3 is 15.1 Å². The highest BCUT2D eigenvalue weighted by Gasteiger charge is 2.20. The van der Waals surface area contributed by atoms with Gasteiger partial charge in [-0.3, -0.25) is 0 Å². The molecule has 0 amide bonds. The molecule has 3 rings (SSSR count). The van der Waals surface area contributed by atoms with Crippen LogP contribution < -0.4 is 15.1 Å². The second-order valence-electron chi connectivity index (χ2n) is 6.33. The summed E-state index contributed by atoms with van der Waals surface area (Å²) in [5.74, 6) is 2.50. The lowest BCUT2D eigenvalue weighted by atomic mass is 9.94. The molecule has 0 spiro atoms. The lowest BCUT2D eigenvalue weighted by molar-refractivity contribution is 0.258. The second kappa shape index (κ2) is 9.38. The first-order chi connectivity index (χ1) is 12.7. The quantitative estimate of drug-likeness (QED) is 0.595.